The van der Waals surface area contributed by atoms with Crippen LogP contribution in [0, 0.1) is 127 Å². The first-order valence-electron chi connectivity index (χ1n) is 10.6. The van der Waals surface area contributed by atoms with Gasteiger partial charge in [-0.05, 0) is 87.3 Å². The third kappa shape index (κ3) is 0.404. The average Bonchev–Trinajstić information content (AvgIpc) is 3.37. The highest BCUT2D eigenvalue weighted by molar-refractivity contribution is 5.98. The van der Waals surface area contributed by atoms with Crippen LogP contribution in [0.3, 0.4) is 0 Å². The Hall–Kier alpha value is -1.35. The van der Waals surface area contributed by atoms with E-state index in [4.69, 9.17) is 0 Å². The fraction of sp³-hybridized carbons (Fsp3) is 0.864. The van der Waals surface area contributed by atoms with Gasteiger partial charge in [-0.15, -0.1) is 0 Å². The molecule has 0 heterocycles. The summed E-state index contributed by atoms with van der Waals surface area (Å²) in [5.74, 6) is 8.48. The molecule has 16 atom stereocenters. The van der Waals surface area contributed by atoms with Gasteiger partial charge in [0.15, 0.2) is 0 Å². The van der Waals surface area contributed by atoms with Gasteiger partial charge in [0.2, 0.25) is 0 Å². The monoisotopic (exact) mass is 324 g/mol. The molecule has 13 fully saturated rings. The molecule has 13 rings (SSSR count). The lowest BCUT2D eigenvalue weighted by Crippen LogP contribution is -2.73. The smallest absolute Gasteiger partial charge is 0.140 e. The molecule has 13 saturated carbocycles. The summed E-state index contributed by atoms with van der Waals surface area (Å²) < 4.78 is 0. The topological polar surface area (TPSA) is 64.7 Å². The highest BCUT2D eigenvalue weighted by Gasteiger charge is 3.23. The molecule has 13 aliphatic carbocycles. The third-order valence-electron chi connectivity index (χ3n) is 14.2. The van der Waals surface area contributed by atoms with Crippen LogP contribution in [0.5, 0.6) is 0 Å². The van der Waals surface area contributed by atoms with E-state index in [1.807, 2.05) is 0 Å². The SMILES string of the molecule is N#CC1C2C3C4C1C15C6CC7C8C6C6C(=O)C8C8(C3C(C#N)C4C618)C725. The lowest BCUT2D eigenvalue weighted by molar-refractivity contribution is -0.297. The highest BCUT2D eigenvalue weighted by atomic mass is 16.1. The first-order chi connectivity index (χ1) is 12.3. The van der Waals surface area contributed by atoms with Crippen molar-refractivity contribution >= 4 is 5.78 Å². The molecule has 0 aromatic heterocycles. The zero-order valence-electron chi connectivity index (χ0n) is 13.6. The molecule has 3 nitrogen and oxygen atoms in total. The first kappa shape index (κ1) is 10.7. The molecule has 0 saturated heterocycles. The van der Waals surface area contributed by atoms with E-state index in [1.54, 1.807) is 0 Å². The van der Waals surface area contributed by atoms with Crippen LogP contribution in [0.25, 0.3) is 0 Å². The number of hydrogen-bond donors (Lipinski definition) is 0. The minimum atomic E-state index is 0.246. The first-order valence-corrected chi connectivity index (χ1v) is 10.6. The predicted octanol–water partition coefficient (Wildman–Crippen LogP) is 1.71. The molecule has 0 amide bonds. The Balaban J connectivity index is 1.48. The molecule has 0 aromatic carbocycles. The number of nitriles is 2. The second-order valence-electron chi connectivity index (χ2n) is 12.0. The summed E-state index contributed by atoms with van der Waals surface area (Å²) in [6.45, 7) is 0. The normalized spacial score (nSPS) is 94.1. The molecule has 4 spiro atoms. The summed E-state index contributed by atoms with van der Waals surface area (Å²) in [6, 6.07) is 5.67. The second kappa shape index (κ2) is 2.13. The minimum absolute atomic E-state index is 0.246. The Morgan fingerprint density at radius 1 is 0.720 bits per heavy atom. The van der Waals surface area contributed by atoms with Crippen LogP contribution < -0.4 is 0 Å². The predicted molar refractivity (Wildman–Crippen MR) is 79.4 cm³/mol. The van der Waals surface area contributed by atoms with Gasteiger partial charge < -0.3 is 0 Å². The number of Topliss-reactive ketones (excluding diaryl/α,β-unsaturated/α-hetero) is 1. The lowest BCUT2D eigenvalue weighted by atomic mass is 9.28. The van der Waals surface area contributed by atoms with Crippen molar-refractivity contribution in [1.82, 2.24) is 0 Å². The van der Waals surface area contributed by atoms with E-state index in [-0.39, 0.29) is 16.7 Å². The molecule has 0 N–H and O–H groups in total. The Morgan fingerprint density at radius 3 is 1.60 bits per heavy atom. The molecule has 13 aliphatic rings. The van der Waals surface area contributed by atoms with Crippen LogP contribution in [-0.4, -0.2) is 5.78 Å². The molecule has 0 aliphatic heterocycles. The van der Waals surface area contributed by atoms with Crippen molar-refractivity contribution < 1.29 is 4.79 Å². The Bertz CT molecular complexity index is 1010. The van der Waals surface area contributed by atoms with Gasteiger partial charge in [-0.2, -0.15) is 10.5 Å². The van der Waals surface area contributed by atoms with E-state index in [0.717, 1.165) is 11.8 Å². The molecule has 0 radical (unpaired) electrons. The van der Waals surface area contributed by atoms with Crippen molar-refractivity contribution in [1.29, 1.82) is 10.5 Å². The third-order valence-corrected chi connectivity index (χ3v) is 14.2. The molecule has 3 heteroatoms. The standard InChI is InChI=1S/C22H16N2O/c23-2-4-12-10-11-13(4)20-7-1-6-8-9(7)17-18(25)16(8)21(19(6,12)20)14(10)5(3-24)15(11)22(17,20)21/h4-17H,1H2. The maximum atomic E-state index is 13.6. The van der Waals surface area contributed by atoms with Crippen molar-refractivity contribution in [2.45, 2.75) is 6.42 Å². The number of carbonyl (C=O) groups is 1. The van der Waals surface area contributed by atoms with Crippen LogP contribution in [0.2, 0.25) is 0 Å². The van der Waals surface area contributed by atoms with Gasteiger partial charge in [-0.25, -0.2) is 0 Å². The summed E-state index contributed by atoms with van der Waals surface area (Å²) in [7, 11) is 0. The molecule has 16 unspecified atom stereocenters. The Kier molecular flexibility index (Phi) is 0.912. The fourth-order valence-electron chi connectivity index (χ4n) is 16.8. The van der Waals surface area contributed by atoms with Crippen molar-refractivity contribution in [3.63, 3.8) is 0 Å². The van der Waals surface area contributed by atoms with Crippen LogP contribution in [0.1, 0.15) is 6.42 Å². The molecular weight excluding hydrogens is 308 g/mol. The van der Waals surface area contributed by atoms with E-state index in [2.05, 4.69) is 12.1 Å². The van der Waals surface area contributed by atoms with E-state index in [1.165, 1.54) is 6.42 Å². The fourth-order valence-corrected chi connectivity index (χ4v) is 16.8. The maximum absolute atomic E-state index is 13.6. The summed E-state index contributed by atoms with van der Waals surface area (Å²) >= 11 is 0. The number of carbonyl (C=O) groups excluding carboxylic acids is 1. The largest absolute Gasteiger partial charge is 0.299 e. The zero-order valence-corrected chi connectivity index (χ0v) is 13.6. The molecular formula is C22H16N2O. The van der Waals surface area contributed by atoms with Crippen LogP contribution >= 0.6 is 0 Å². The highest BCUT2D eigenvalue weighted by Crippen LogP contribution is 3.23. The van der Waals surface area contributed by atoms with Gasteiger partial charge in [0.1, 0.15) is 5.78 Å². The van der Waals surface area contributed by atoms with E-state index in [0.29, 0.717) is 81.7 Å². The minimum Gasteiger partial charge on any atom is -0.299 e. The Labute approximate surface area is 144 Å². The van der Waals surface area contributed by atoms with E-state index >= 15 is 0 Å². The van der Waals surface area contributed by atoms with Crippen molar-refractivity contribution in [3.05, 3.63) is 0 Å². The molecule has 8 bridgehead atoms. The van der Waals surface area contributed by atoms with Crippen LogP contribution in [-0.2, 0) is 4.79 Å². The lowest BCUT2D eigenvalue weighted by Gasteiger charge is -2.74. The molecule has 120 valence electrons. The van der Waals surface area contributed by atoms with Crippen LogP contribution in [0.4, 0.5) is 0 Å². The van der Waals surface area contributed by atoms with Crippen molar-refractivity contribution in [3.8, 4) is 12.1 Å². The van der Waals surface area contributed by atoms with Gasteiger partial charge >= 0.3 is 0 Å². The summed E-state index contributed by atoms with van der Waals surface area (Å²) in [4.78, 5) is 13.6. The van der Waals surface area contributed by atoms with Crippen LogP contribution in [0.15, 0.2) is 0 Å². The average molecular weight is 324 g/mol. The molecule has 0 aromatic rings. The quantitative estimate of drug-likeness (QED) is 0.681. The van der Waals surface area contributed by atoms with E-state index in [9.17, 15) is 15.3 Å². The summed E-state index contributed by atoms with van der Waals surface area (Å²) in [6.07, 6.45) is 1.42. The van der Waals surface area contributed by atoms with Gasteiger partial charge in [-0.3, -0.25) is 4.79 Å². The summed E-state index contributed by atoms with van der Waals surface area (Å²) in [5, 5.41) is 20.4. The van der Waals surface area contributed by atoms with Gasteiger partial charge in [0, 0.05) is 11.8 Å². The van der Waals surface area contributed by atoms with Gasteiger partial charge in [-0.1, -0.05) is 0 Å². The number of hydrogen-bond acceptors (Lipinski definition) is 3. The number of rotatable bonds is 0. The van der Waals surface area contributed by atoms with Gasteiger partial charge in [0.25, 0.3) is 0 Å². The number of nitrogens with zero attached hydrogens (tertiary/aromatic N) is 2. The maximum Gasteiger partial charge on any atom is 0.140 e. The molecule has 25 heavy (non-hydrogen) atoms. The van der Waals surface area contributed by atoms with E-state index < -0.39 is 0 Å². The summed E-state index contributed by atoms with van der Waals surface area (Å²) in [5.41, 5.74) is 1.26. The Morgan fingerprint density at radius 2 is 1.16 bits per heavy atom. The van der Waals surface area contributed by atoms with Crippen molar-refractivity contribution in [2.24, 2.45) is 105 Å². The van der Waals surface area contributed by atoms with Gasteiger partial charge in [0.05, 0.1) is 24.0 Å². The zero-order chi connectivity index (χ0) is 15.8. The number of ketones is 1. The second-order valence-corrected chi connectivity index (χ2v) is 12.0. The van der Waals surface area contributed by atoms with Crippen molar-refractivity contribution in [2.75, 3.05) is 0 Å².